The monoisotopic (exact) mass is 387 g/mol. The van der Waals surface area contributed by atoms with Gasteiger partial charge in [0.25, 0.3) is 5.89 Å². The Morgan fingerprint density at radius 3 is 2.89 bits per heavy atom. The number of aryl methyl sites for hydroxylation is 1. The van der Waals surface area contributed by atoms with E-state index in [4.69, 9.17) is 13.9 Å². The number of hydrogen-bond donors (Lipinski definition) is 1. The first kappa shape index (κ1) is 17.3. The Labute approximate surface area is 158 Å². The summed E-state index contributed by atoms with van der Waals surface area (Å²) in [7, 11) is 0. The number of thiophene rings is 1. The molecule has 0 unspecified atom stereocenters. The van der Waals surface area contributed by atoms with Gasteiger partial charge in [0.15, 0.2) is 11.5 Å². The normalized spacial score (nSPS) is 13.2. The first-order valence-corrected chi connectivity index (χ1v) is 9.38. The topological polar surface area (TPSA) is 95.6 Å². The number of ether oxygens (including phenoxy) is 2. The van der Waals surface area contributed by atoms with Crippen LogP contribution in [0.15, 0.2) is 44.9 Å². The van der Waals surface area contributed by atoms with Crippen molar-refractivity contribution in [2.75, 3.05) is 18.5 Å². The van der Waals surface area contributed by atoms with Crippen molar-refractivity contribution in [2.45, 2.75) is 19.4 Å². The molecule has 0 fully saturated rings. The van der Waals surface area contributed by atoms with Crippen molar-refractivity contribution < 1.29 is 18.7 Å². The molecule has 1 N–H and O–H groups in total. The number of anilines is 1. The van der Waals surface area contributed by atoms with Gasteiger partial charge in [0, 0.05) is 24.6 Å². The molecule has 0 saturated heterocycles. The Kier molecular flexibility index (Phi) is 4.93. The zero-order valence-electron chi connectivity index (χ0n) is 14.3. The van der Waals surface area contributed by atoms with Crippen LogP contribution in [0.4, 0.5) is 5.69 Å². The molecule has 140 valence electrons. The molecule has 8 nitrogen and oxygen atoms in total. The van der Waals surface area contributed by atoms with Gasteiger partial charge in [-0.3, -0.25) is 4.79 Å². The summed E-state index contributed by atoms with van der Waals surface area (Å²) in [6, 6.07) is 8.92. The van der Waals surface area contributed by atoms with Gasteiger partial charge in [0.2, 0.25) is 5.91 Å². The molecule has 1 amide bonds. The van der Waals surface area contributed by atoms with Gasteiger partial charge < -0.3 is 19.2 Å². The molecule has 9 heteroatoms. The average molecular weight is 387 g/mol. The number of rotatable bonds is 5. The van der Waals surface area contributed by atoms with E-state index in [0.29, 0.717) is 30.4 Å². The lowest BCUT2D eigenvalue weighted by molar-refractivity contribution is -0.116. The summed E-state index contributed by atoms with van der Waals surface area (Å²) in [6.45, 7) is 1.31. The Bertz CT molecular complexity index is 993. The molecular weight excluding hydrogens is 370 g/mol. The third-order valence-electron chi connectivity index (χ3n) is 3.92. The highest BCUT2D eigenvalue weighted by molar-refractivity contribution is 7.13. The highest BCUT2D eigenvalue weighted by Crippen LogP contribution is 2.32. The zero-order chi connectivity index (χ0) is 18.6. The van der Waals surface area contributed by atoms with Crippen LogP contribution >= 0.6 is 11.3 Å². The van der Waals surface area contributed by atoms with Gasteiger partial charge in [0.1, 0.15) is 0 Å². The van der Waals surface area contributed by atoms with Gasteiger partial charge >= 0.3 is 5.76 Å². The number of benzene rings is 1. The molecule has 1 aromatic carbocycles. The third-order valence-corrected chi connectivity index (χ3v) is 4.78. The van der Waals surface area contributed by atoms with Crippen molar-refractivity contribution in [1.29, 1.82) is 0 Å². The second kappa shape index (κ2) is 7.67. The summed E-state index contributed by atoms with van der Waals surface area (Å²) in [5.41, 5.74) is 0.607. The molecule has 27 heavy (non-hydrogen) atoms. The predicted molar refractivity (Wildman–Crippen MR) is 99.4 cm³/mol. The number of carbonyl (C=O) groups excluding carboxylic acids is 1. The van der Waals surface area contributed by atoms with E-state index in [1.165, 1.54) is 11.3 Å². The van der Waals surface area contributed by atoms with Crippen molar-refractivity contribution in [3.05, 3.63) is 46.3 Å². The molecule has 0 spiro atoms. The number of aromatic nitrogens is 2. The fraction of sp³-hybridized carbons (Fsp3) is 0.278. The third kappa shape index (κ3) is 4.03. The van der Waals surface area contributed by atoms with Gasteiger partial charge in [-0.2, -0.15) is 4.68 Å². The SMILES string of the molecule is O=C(CCn1nc(-c2cccs2)oc1=O)Nc1ccc2c(c1)OCCCO2. The van der Waals surface area contributed by atoms with Crippen LogP contribution in [0, 0.1) is 0 Å². The van der Waals surface area contributed by atoms with E-state index in [2.05, 4.69) is 10.4 Å². The van der Waals surface area contributed by atoms with Crippen molar-refractivity contribution >= 4 is 22.9 Å². The number of fused-ring (bicyclic) bond motifs is 1. The standard InChI is InChI=1S/C18H17N3O5S/c22-16(19-12-4-5-13-14(11-12)25-9-2-8-24-13)6-7-21-18(23)26-17(20-21)15-3-1-10-27-15/h1,3-5,10-11H,2,6-9H2,(H,19,22). The number of hydrogen-bond acceptors (Lipinski definition) is 7. The van der Waals surface area contributed by atoms with Gasteiger partial charge in [-0.1, -0.05) is 6.07 Å². The molecule has 3 heterocycles. The molecule has 1 aliphatic heterocycles. The second-order valence-electron chi connectivity index (χ2n) is 5.88. The largest absolute Gasteiger partial charge is 0.490 e. The summed E-state index contributed by atoms with van der Waals surface area (Å²) < 4.78 is 17.5. The zero-order valence-corrected chi connectivity index (χ0v) is 15.2. The van der Waals surface area contributed by atoms with Gasteiger partial charge in [-0.05, 0) is 23.6 Å². The molecule has 3 aromatic rings. The summed E-state index contributed by atoms with van der Waals surface area (Å²) >= 11 is 1.43. The van der Waals surface area contributed by atoms with Crippen LogP contribution in [-0.2, 0) is 11.3 Å². The van der Waals surface area contributed by atoms with E-state index in [9.17, 15) is 9.59 Å². The summed E-state index contributed by atoms with van der Waals surface area (Å²) in [4.78, 5) is 24.9. The molecule has 0 aliphatic carbocycles. The van der Waals surface area contributed by atoms with Gasteiger partial charge in [-0.25, -0.2) is 4.79 Å². The fourth-order valence-corrected chi connectivity index (χ4v) is 3.26. The Morgan fingerprint density at radius 2 is 2.07 bits per heavy atom. The molecule has 0 saturated carbocycles. The van der Waals surface area contributed by atoms with E-state index >= 15 is 0 Å². The molecule has 2 aromatic heterocycles. The number of nitrogens with zero attached hydrogens (tertiary/aromatic N) is 2. The lowest BCUT2D eigenvalue weighted by atomic mass is 10.2. The first-order valence-electron chi connectivity index (χ1n) is 8.50. The summed E-state index contributed by atoms with van der Waals surface area (Å²) in [5, 5.41) is 8.79. The molecule has 0 atom stereocenters. The highest BCUT2D eigenvalue weighted by Gasteiger charge is 2.14. The van der Waals surface area contributed by atoms with Crippen LogP contribution in [0.3, 0.4) is 0 Å². The van der Waals surface area contributed by atoms with E-state index in [1.807, 2.05) is 17.5 Å². The molecule has 0 bridgehead atoms. The Balaban J connectivity index is 1.38. The van der Waals surface area contributed by atoms with Crippen LogP contribution in [0.25, 0.3) is 10.8 Å². The molecule has 1 aliphatic rings. The minimum absolute atomic E-state index is 0.0881. The lowest BCUT2D eigenvalue weighted by Crippen LogP contribution is -2.21. The maximum Gasteiger partial charge on any atom is 0.437 e. The maximum absolute atomic E-state index is 12.2. The molecule has 4 rings (SSSR count). The predicted octanol–water partition coefficient (Wildman–Crippen LogP) is 2.75. The van der Waals surface area contributed by atoms with E-state index in [0.717, 1.165) is 16.0 Å². The Hall–Kier alpha value is -3.07. The van der Waals surface area contributed by atoms with E-state index < -0.39 is 5.76 Å². The number of nitrogens with one attached hydrogen (secondary N) is 1. The van der Waals surface area contributed by atoms with Crippen LogP contribution in [0.1, 0.15) is 12.8 Å². The summed E-state index contributed by atoms with van der Waals surface area (Å²) in [5.74, 6) is 0.719. The molecular formula is C18H17N3O5S. The van der Waals surface area contributed by atoms with Gasteiger partial charge in [0.05, 0.1) is 24.6 Å². The second-order valence-corrected chi connectivity index (χ2v) is 6.83. The molecule has 0 radical (unpaired) electrons. The van der Waals surface area contributed by atoms with E-state index in [1.54, 1.807) is 18.2 Å². The first-order chi connectivity index (χ1) is 13.2. The van der Waals surface area contributed by atoms with Crippen LogP contribution in [-0.4, -0.2) is 28.9 Å². The Morgan fingerprint density at radius 1 is 1.22 bits per heavy atom. The van der Waals surface area contributed by atoms with Crippen molar-refractivity contribution in [3.63, 3.8) is 0 Å². The minimum Gasteiger partial charge on any atom is -0.490 e. The highest BCUT2D eigenvalue weighted by atomic mass is 32.1. The van der Waals surface area contributed by atoms with E-state index in [-0.39, 0.29) is 24.8 Å². The van der Waals surface area contributed by atoms with Crippen molar-refractivity contribution in [3.8, 4) is 22.3 Å². The van der Waals surface area contributed by atoms with Crippen LogP contribution < -0.4 is 20.5 Å². The quantitative estimate of drug-likeness (QED) is 0.723. The smallest absolute Gasteiger partial charge is 0.437 e. The fourth-order valence-electron chi connectivity index (χ4n) is 2.62. The lowest BCUT2D eigenvalue weighted by Gasteiger charge is -2.10. The van der Waals surface area contributed by atoms with Gasteiger partial charge in [-0.15, -0.1) is 16.4 Å². The van der Waals surface area contributed by atoms with Crippen LogP contribution in [0.2, 0.25) is 0 Å². The summed E-state index contributed by atoms with van der Waals surface area (Å²) in [6.07, 6.45) is 0.904. The minimum atomic E-state index is -0.582. The number of amides is 1. The van der Waals surface area contributed by atoms with Crippen molar-refractivity contribution in [1.82, 2.24) is 9.78 Å². The van der Waals surface area contributed by atoms with Crippen LogP contribution in [0.5, 0.6) is 11.5 Å². The van der Waals surface area contributed by atoms with Crippen molar-refractivity contribution in [2.24, 2.45) is 0 Å². The number of carbonyl (C=O) groups is 1. The average Bonchev–Trinajstić information content (AvgIpc) is 3.25. The maximum atomic E-state index is 12.2.